The minimum atomic E-state index is -0.584. The van der Waals surface area contributed by atoms with Crippen LogP contribution in [0.5, 0.6) is 0 Å². The van der Waals surface area contributed by atoms with Gasteiger partial charge in [-0.25, -0.2) is 0 Å². The van der Waals surface area contributed by atoms with Gasteiger partial charge < -0.3 is 0 Å². The van der Waals surface area contributed by atoms with Gasteiger partial charge >= 0.3 is 0 Å². The lowest BCUT2D eigenvalue weighted by molar-refractivity contribution is -0.385. The Morgan fingerprint density at radius 2 is 1.43 bits per heavy atom. The molecule has 9 heteroatoms. The maximum Gasteiger partial charge on any atom is 0.288 e. The van der Waals surface area contributed by atoms with Gasteiger partial charge in [0.2, 0.25) is 0 Å². The molecule has 0 fully saturated rings. The lowest BCUT2D eigenvalue weighted by atomic mass is 10.2. The Bertz CT molecular complexity index is 803. The highest BCUT2D eigenvalue weighted by molar-refractivity contribution is 6.32. The number of nitro benzene ring substituents is 2. The molecule has 2 aromatic carbocycles. The molecule has 0 atom stereocenters. The third-order valence-electron chi connectivity index (χ3n) is 2.75. The molecule has 0 amide bonds. The van der Waals surface area contributed by atoms with E-state index < -0.39 is 9.85 Å². The van der Waals surface area contributed by atoms with Crippen LogP contribution in [0, 0.1) is 20.2 Å². The molecule has 0 aliphatic rings. The summed E-state index contributed by atoms with van der Waals surface area (Å²) >= 11 is 5.70. The Hall–Kier alpha value is -3.13. The number of nitrogens with zero attached hydrogens (tertiary/aromatic N) is 4. The largest absolute Gasteiger partial charge is 0.288 e. The molecule has 2 aromatic rings. The van der Waals surface area contributed by atoms with Crippen LogP contribution < -0.4 is 0 Å². The van der Waals surface area contributed by atoms with Gasteiger partial charge in [-0.3, -0.25) is 20.2 Å². The summed E-state index contributed by atoms with van der Waals surface area (Å²) in [6, 6.07) is 10.0. The molecule has 2 rings (SSSR count). The molecular weight excluding hydrogens is 324 g/mol. The SMILES string of the molecule is O=[N+]([O-])c1ccc(/C=N/N=C/c2ccc(Cl)c([N+](=O)[O-])c2)cc1. The Labute approximate surface area is 135 Å². The summed E-state index contributed by atoms with van der Waals surface area (Å²) in [4.78, 5) is 20.2. The number of benzene rings is 2. The van der Waals surface area contributed by atoms with E-state index in [9.17, 15) is 20.2 Å². The van der Waals surface area contributed by atoms with Crippen LogP contribution in [-0.2, 0) is 0 Å². The highest BCUT2D eigenvalue weighted by Crippen LogP contribution is 2.24. The Morgan fingerprint density at radius 1 is 0.870 bits per heavy atom. The minimum absolute atomic E-state index is 0.0147. The van der Waals surface area contributed by atoms with Crippen LogP contribution in [0.4, 0.5) is 11.4 Å². The standard InChI is InChI=1S/C14H9ClN4O4/c15-13-6-3-11(7-14(13)19(22)23)9-17-16-8-10-1-4-12(5-2-10)18(20)21/h1-9H/b16-8+,17-9+. The Kier molecular flexibility index (Phi) is 5.11. The van der Waals surface area contributed by atoms with Crippen molar-refractivity contribution >= 4 is 35.4 Å². The molecule has 0 spiro atoms. The fourth-order valence-corrected chi connectivity index (χ4v) is 1.82. The molecule has 0 aliphatic heterocycles. The summed E-state index contributed by atoms with van der Waals surface area (Å²) in [5, 5.41) is 28.9. The van der Waals surface area contributed by atoms with Crippen LogP contribution in [0.25, 0.3) is 0 Å². The van der Waals surface area contributed by atoms with Crippen LogP contribution in [0.15, 0.2) is 52.7 Å². The smallest absolute Gasteiger partial charge is 0.258 e. The first-order valence-electron chi connectivity index (χ1n) is 6.22. The molecule has 0 radical (unpaired) electrons. The molecule has 0 unspecified atom stereocenters. The zero-order chi connectivity index (χ0) is 16.8. The van der Waals surface area contributed by atoms with Crippen molar-refractivity contribution in [1.29, 1.82) is 0 Å². The van der Waals surface area contributed by atoms with Crippen molar-refractivity contribution in [3.63, 3.8) is 0 Å². The van der Waals surface area contributed by atoms with Crippen LogP contribution in [0.2, 0.25) is 5.02 Å². The van der Waals surface area contributed by atoms with E-state index in [-0.39, 0.29) is 16.4 Å². The molecule has 23 heavy (non-hydrogen) atoms. The van der Waals surface area contributed by atoms with E-state index >= 15 is 0 Å². The number of nitro groups is 2. The highest BCUT2D eigenvalue weighted by Gasteiger charge is 2.11. The zero-order valence-corrected chi connectivity index (χ0v) is 12.3. The third kappa shape index (κ3) is 4.42. The summed E-state index contributed by atoms with van der Waals surface area (Å²) < 4.78 is 0. The molecule has 0 aliphatic carbocycles. The highest BCUT2D eigenvalue weighted by atomic mass is 35.5. The third-order valence-corrected chi connectivity index (χ3v) is 3.07. The average Bonchev–Trinajstić information content (AvgIpc) is 2.53. The summed E-state index contributed by atoms with van der Waals surface area (Å²) in [5.41, 5.74) is 0.880. The molecule has 0 N–H and O–H groups in total. The van der Waals surface area contributed by atoms with Crippen molar-refractivity contribution in [2.24, 2.45) is 10.2 Å². The second-order valence-corrected chi connectivity index (χ2v) is 4.71. The van der Waals surface area contributed by atoms with E-state index in [1.165, 1.54) is 48.8 Å². The lowest BCUT2D eigenvalue weighted by Gasteiger charge is -1.96. The Morgan fingerprint density at radius 3 is 2.00 bits per heavy atom. The predicted octanol–water partition coefficient (Wildman–Crippen LogP) is 3.61. The van der Waals surface area contributed by atoms with Gasteiger partial charge in [0, 0.05) is 23.8 Å². The Balaban J connectivity index is 2.07. The first-order valence-corrected chi connectivity index (χ1v) is 6.60. The monoisotopic (exact) mass is 332 g/mol. The van der Waals surface area contributed by atoms with Gasteiger partial charge in [-0.05, 0) is 23.8 Å². The number of rotatable bonds is 5. The van der Waals surface area contributed by atoms with Crippen LogP contribution in [-0.4, -0.2) is 22.3 Å². The normalized spacial score (nSPS) is 11.2. The van der Waals surface area contributed by atoms with Gasteiger partial charge in [0.1, 0.15) is 5.02 Å². The van der Waals surface area contributed by atoms with Crippen molar-refractivity contribution in [1.82, 2.24) is 0 Å². The van der Waals surface area contributed by atoms with E-state index in [0.717, 1.165) is 0 Å². The lowest BCUT2D eigenvalue weighted by Crippen LogP contribution is -1.91. The second-order valence-electron chi connectivity index (χ2n) is 4.31. The van der Waals surface area contributed by atoms with Gasteiger partial charge in [0.05, 0.1) is 22.3 Å². The first kappa shape index (κ1) is 16.2. The van der Waals surface area contributed by atoms with Gasteiger partial charge in [0.15, 0.2) is 0 Å². The molecule has 0 aromatic heterocycles. The maximum absolute atomic E-state index is 10.8. The quantitative estimate of drug-likeness (QED) is 0.473. The summed E-state index contributed by atoms with van der Waals surface area (Å²) in [5.74, 6) is 0. The summed E-state index contributed by atoms with van der Waals surface area (Å²) in [6.07, 6.45) is 2.75. The first-order chi connectivity index (χ1) is 11.0. The number of non-ortho nitro benzene ring substituents is 1. The predicted molar refractivity (Wildman–Crippen MR) is 86.4 cm³/mol. The van der Waals surface area contributed by atoms with E-state index in [1.54, 1.807) is 6.07 Å². The van der Waals surface area contributed by atoms with E-state index in [2.05, 4.69) is 10.2 Å². The summed E-state index contributed by atoms with van der Waals surface area (Å²) in [6.45, 7) is 0. The zero-order valence-electron chi connectivity index (χ0n) is 11.5. The minimum Gasteiger partial charge on any atom is -0.258 e. The van der Waals surface area contributed by atoms with Gasteiger partial charge in [0.25, 0.3) is 11.4 Å². The van der Waals surface area contributed by atoms with Crippen molar-refractivity contribution < 1.29 is 9.85 Å². The van der Waals surface area contributed by atoms with Crippen LogP contribution in [0.3, 0.4) is 0 Å². The fraction of sp³-hybridized carbons (Fsp3) is 0. The molecule has 8 nitrogen and oxygen atoms in total. The van der Waals surface area contributed by atoms with Crippen molar-refractivity contribution in [2.45, 2.75) is 0 Å². The van der Waals surface area contributed by atoms with Gasteiger partial charge in [-0.1, -0.05) is 17.7 Å². The average molecular weight is 333 g/mol. The van der Waals surface area contributed by atoms with E-state index in [0.29, 0.717) is 11.1 Å². The summed E-state index contributed by atoms with van der Waals surface area (Å²) in [7, 11) is 0. The van der Waals surface area contributed by atoms with E-state index in [1.807, 2.05) is 0 Å². The second kappa shape index (κ2) is 7.23. The molecule has 0 heterocycles. The van der Waals surface area contributed by atoms with E-state index in [4.69, 9.17) is 11.6 Å². The molecule has 0 saturated carbocycles. The molecule has 0 bridgehead atoms. The maximum atomic E-state index is 10.8. The topological polar surface area (TPSA) is 111 Å². The fourth-order valence-electron chi connectivity index (χ4n) is 1.63. The molecule has 0 saturated heterocycles. The number of hydrogen-bond acceptors (Lipinski definition) is 6. The number of halogens is 1. The number of hydrogen-bond donors (Lipinski definition) is 0. The van der Waals surface area contributed by atoms with Crippen molar-refractivity contribution in [2.75, 3.05) is 0 Å². The van der Waals surface area contributed by atoms with Crippen LogP contribution in [0.1, 0.15) is 11.1 Å². The van der Waals surface area contributed by atoms with Crippen molar-refractivity contribution in [3.05, 3.63) is 78.8 Å². The molecule has 116 valence electrons. The van der Waals surface area contributed by atoms with Crippen molar-refractivity contribution in [3.8, 4) is 0 Å². The van der Waals surface area contributed by atoms with Gasteiger partial charge in [-0.2, -0.15) is 10.2 Å². The van der Waals surface area contributed by atoms with Gasteiger partial charge in [-0.15, -0.1) is 0 Å². The van der Waals surface area contributed by atoms with Crippen LogP contribution >= 0.6 is 11.6 Å². The molecular formula is C14H9ClN4O4.